The van der Waals surface area contributed by atoms with Gasteiger partial charge in [0.05, 0.1) is 11.0 Å². The number of rotatable bonds is 4. The number of H-pyrrole nitrogens is 1. The van der Waals surface area contributed by atoms with Gasteiger partial charge in [-0.15, -0.1) is 0 Å². The third-order valence-electron chi connectivity index (χ3n) is 6.42. The van der Waals surface area contributed by atoms with Crippen LogP contribution in [-0.4, -0.2) is 62.1 Å². The van der Waals surface area contributed by atoms with Crippen molar-refractivity contribution in [1.29, 1.82) is 0 Å². The average molecular weight is 403 g/mol. The van der Waals surface area contributed by atoms with E-state index in [1.807, 2.05) is 36.9 Å². The summed E-state index contributed by atoms with van der Waals surface area (Å²) in [6.45, 7) is 7.88. The second-order valence-electron chi connectivity index (χ2n) is 8.63. The summed E-state index contributed by atoms with van der Waals surface area (Å²) in [6.07, 6.45) is 1.68. The summed E-state index contributed by atoms with van der Waals surface area (Å²) >= 11 is 0. The number of hydrogen-bond donors (Lipinski definition) is 1. The van der Waals surface area contributed by atoms with Crippen molar-refractivity contribution < 1.29 is 4.79 Å². The Hall–Kier alpha value is -3.06. The number of carbonyl (C=O) groups is 1. The molecule has 2 aromatic heterocycles. The van der Waals surface area contributed by atoms with Crippen LogP contribution in [0.1, 0.15) is 33.3 Å². The number of aryl methyl sites for hydroxylation is 2. The van der Waals surface area contributed by atoms with Crippen molar-refractivity contribution in [2.24, 2.45) is 5.92 Å². The van der Waals surface area contributed by atoms with Gasteiger partial charge in [-0.3, -0.25) is 19.8 Å². The van der Waals surface area contributed by atoms with Crippen LogP contribution in [0.25, 0.3) is 0 Å². The lowest BCUT2D eigenvalue weighted by Gasteiger charge is -2.27. The van der Waals surface area contributed by atoms with Crippen LogP contribution >= 0.6 is 0 Å². The minimum Gasteiger partial charge on any atom is -0.337 e. The number of pyridine rings is 1. The number of fused-ring (bicyclic) bond motifs is 1. The summed E-state index contributed by atoms with van der Waals surface area (Å²) in [6, 6.07) is 14.3. The Labute approximate surface area is 176 Å². The molecule has 1 N–H and O–H groups in total. The second kappa shape index (κ2) is 7.32. The zero-order chi connectivity index (χ0) is 20.7. The highest BCUT2D eigenvalue weighted by molar-refractivity contribution is 5.94. The van der Waals surface area contributed by atoms with Crippen molar-refractivity contribution in [2.45, 2.75) is 25.8 Å². The predicted octanol–water partition coefficient (Wildman–Crippen LogP) is 2.34. The molecule has 0 bridgehead atoms. The van der Waals surface area contributed by atoms with E-state index >= 15 is 0 Å². The molecule has 2 saturated heterocycles. The molecule has 0 radical (unpaired) electrons. The lowest BCUT2D eigenvalue weighted by molar-refractivity contribution is 0.0768. The lowest BCUT2D eigenvalue weighted by atomic mass is 9.80. The summed E-state index contributed by atoms with van der Waals surface area (Å²) in [5.74, 6) is 1.99. The van der Waals surface area contributed by atoms with E-state index in [2.05, 4.69) is 44.3 Å². The van der Waals surface area contributed by atoms with Gasteiger partial charge in [-0.1, -0.05) is 30.3 Å². The van der Waals surface area contributed by atoms with Gasteiger partial charge in [0.2, 0.25) is 0 Å². The molecule has 0 spiro atoms. The standard InChI is InChI=1S/C23H26N6O/c1-16-8-9-19(10-24-16)21(30)29-13-20-12-28(11-18-6-4-3-5-7-18)14-23(20,15-29)22-25-17(2)26-27-22/h3-10,20H,11-15H2,1-2H3,(H,25,26,27)/t20-,23-/m0/s1. The zero-order valence-electron chi connectivity index (χ0n) is 17.4. The van der Waals surface area contributed by atoms with Gasteiger partial charge in [0.1, 0.15) is 5.82 Å². The molecule has 4 heterocycles. The van der Waals surface area contributed by atoms with E-state index in [9.17, 15) is 4.79 Å². The summed E-state index contributed by atoms with van der Waals surface area (Å²) < 4.78 is 0. The Morgan fingerprint density at radius 1 is 1.13 bits per heavy atom. The van der Waals surface area contributed by atoms with Crippen LogP contribution in [0.3, 0.4) is 0 Å². The highest BCUT2D eigenvalue weighted by Gasteiger charge is 2.56. The number of aromatic amines is 1. The van der Waals surface area contributed by atoms with Gasteiger partial charge < -0.3 is 4.90 Å². The molecule has 7 heteroatoms. The monoisotopic (exact) mass is 402 g/mol. The maximum Gasteiger partial charge on any atom is 0.255 e. The molecule has 1 amide bonds. The van der Waals surface area contributed by atoms with Gasteiger partial charge in [-0.25, -0.2) is 4.98 Å². The Bertz CT molecular complexity index is 1050. The first-order chi connectivity index (χ1) is 14.5. The summed E-state index contributed by atoms with van der Waals surface area (Å²) in [5, 5.41) is 7.54. The molecule has 3 aromatic rings. The van der Waals surface area contributed by atoms with E-state index in [0.29, 0.717) is 24.6 Å². The smallest absolute Gasteiger partial charge is 0.255 e. The van der Waals surface area contributed by atoms with E-state index in [1.165, 1.54) is 5.56 Å². The number of amides is 1. The summed E-state index contributed by atoms with van der Waals surface area (Å²) in [7, 11) is 0. The first kappa shape index (κ1) is 18.9. The summed E-state index contributed by atoms with van der Waals surface area (Å²) in [5.41, 5.74) is 2.61. The highest BCUT2D eigenvalue weighted by atomic mass is 16.2. The van der Waals surface area contributed by atoms with E-state index in [0.717, 1.165) is 37.0 Å². The number of carbonyl (C=O) groups excluding carboxylic acids is 1. The highest BCUT2D eigenvalue weighted by Crippen LogP contribution is 2.44. The first-order valence-corrected chi connectivity index (χ1v) is 10.4. The fourth-order valence-corrected chi connectivity index (χ4v) is 4.94. The van der Waals surface area contributed by atoms with Gasteiger partial charge in [0.25, 0.3) is 5.91 Å². The van der Waals surface area contributed by atoms with Gasteiger partial charge in [0.15, 0.2) is 5.82 Å². The van der Waals surface area contributed by atoms with Gasteiger partial charge in [-0.2, -0.15) is 5.10 Å². The molecule has 2 atom stereocenters. The van der Waals surface area contributed by atoms with Crippen LogP contribution in [0.15, 0.2) is 48.7 Å². The number of hydrogen-bond acceptors (Lipinski definition) is 5. The van der Waals surface area contributed by atoms with Crippen LogP contribution in [-0.2, 0) is 12.0 Å². The van der Waals surface area contributed by atoms with Crippen molar-refractivity contribution in [3.63, 3.8) is 0 Å². The third kappa shape index (κ3) is 3.29. The molecule has 0 saturated carbocycles. The Balaban J connectivity index is 1.41. The van der Waals surface area contributed by atoms with E-state index in [4.69, 9.17) is 4.98 Å². The quantitative estimate of drug-likeness (QED) is 0.725. The van der Waals surface area contributed by atoms with E-state index in [1.54, 1.807) is 6.20 Å². The Morgan fingerprint density at radius 2 is 1.97 bits per heavy atom. The van der Waals surface area contributed by atoms with Crippen LogP contribution < -0.4 is 0 Å². The van der Waals surface area contributed by atoms with Crippen molar-refractivity contribution in [2.75, 3.05) is 26.2 Å². The number of benzene rings is 1. The molecule has 7 nitrogen and oxygen atoms in total. The van der Waals surface area contributed by atoms with E-state index in [-0.39, 0.29) is 11.3 Å². The second-order valence-corrected chi connectivity index (χ2v) is 8.63. The van der Waals surface area contributed by atoms with Crippen LogP contribution in [0.2, 0.25) is 0 Å². The fourth-order valence-electron chi connectivity index (χ4n) is 4.94. The Morgan fingerprint density at radius 3 is 2.67 bits per heavy atom. The molecule has 2 aliphatic rings. The fraction of sp³-hybridized carbons (Fsp3) is 0.391. The molecule has 2 aliphatic heterocycles. The number of nitrogens with one attached hydrogen (secondary N) is 1. The van der Waals surface area contributed by atoms with Crippen molar-refractivity contribution in [3.05, 3.63) is 77.1 Å². The maximum atomic E-state index is 13.2. The molecule has 1 aromatic carbocycles. The molecule has 30 heavy (non-hydrogen) atoms. The number of likely N-dealkylation sites (tertiary alicyclic amines) is 2. The largest absolute Gasteiger partial charge is 0.337 e. The molecule has 2 fully saturated rings. The number of aromatic nitrogens is 4. The van der Waals surface area contributed by atoms with Crippen LogP contribution in [0, 0.1) is 19.8 Å². The molecule has 154 valence electrons. The first-order valence-electron chi connectivity index (χ1n) is 10.4. The van der Waals surface area contributed by atoms with Crippen molar-refractivity contribution >= 4 is 5.91 Å². The third-order valence-corrected chi connectivity index (χ3v) is 6.42. The Kier molecular flexibility index (Phi) is 4.62. The lowest BCUT2D eigenvalue weighted by Crippen LogP contribution is -2.40. The summed E-state index contributed by atoms with van der Waals surface area (Å²) in [4.78, 5) is 26.6. The zero-order valence-corrected chi connectivity index (χ0v) is 17.4. The molecule has 0 unspecified atom stereocenters. The van der Waals surface area contributed by atoms with Crippen molar-refractivity contribution in [1.82, 2.24) is 30.0 Å². The topological polar surface area (TPSA) is 78.0 Å². The molecular weight excluding hydrogens is 376 g/mol. The molecular formula is C23H26N6O. The van der Waals surface area contributed by atoms with Crippen molar-refractivity contribution in [3.8, 4) is 0 Å². The molecule has 0 aliphatic carbocycles. The van der Waals surface area contributed by atoms with Gasteiger partial charge in [0, 0.05) is 50.5 Å². The van der Waals surface area contributed by atoms with E-state index < -0.39 is 0 Å². The minimum atomic E-state index is -0.243. The predicted molar refractivity (Wildman–Crippen MR) is 113 cm³/mol. The molecule has 5 rings (SSSR count). The van der Waals surface area contributed by atoms with Gasteiger partial charge >= 0.3 is 0 Å². The van der Waals surface area contributed by atoms with Crippen LogP contribution in [0.4, 0.5) is 0 Å². The number of nitrogens with zero attached hydrogens (tertiary/aromatic N) is 5. The SMILES string of the molecule is Cc1ccc(C(=O)N2C[C@@H]3CN(Cc4ccccc4)C[C@]3(c3n[nH]c(C)n3)C2)cn1. The average Bonchev–Trinajstić information content (AvgIpc) is 3.41. The normalized spacial score (nSPS) is 23.7. The maximum absolute atomic E-state index is 13.2. The minimum absolute atomic E-state index is 0.0399. The van der Waals surface area contributed by atoms with Crippen LogP contribution in [0.5, 0.6) is 0 Å². The van der Waals surface area contributed by atoms with Gasteiger partial charge in [-0.05, 0) is 31.5 Å².